The van der Waals surface area contributed by atoms with Crippen LogP contribution in [0.3, 0.4) is 0 Å². The van der Waals surface area contributed by atoms with Gasteiger partial charge in [-0.3, -0.25) is 14.4 Å². The third kappa shape index (κ3) is 4.55. The number of nitrogens with zero attached hydrogens (tertiary/aromatic N) is 2. The van der Waals surface area contributed by atoms with Crippen molar-refractivity contribution in [3.63, 3.8) is 0 Å². The number of carbonyl (C=O) groups excluding carboxylic acids is 4. The maximum Gasteiger partial charge on any atom is 0.340 e. The molecule has 0 bridgehead atoms. The number of hydrogen-bond donors (Lipinski definition) is 0. The molecule has 1 amide bonds. The number of esters is 1. The Labute approximate surface area is 218 Å². The van der Waals surface area contributed by atoms with Crippen LogP contribution in [0.2, 0.25) is 5.02 Å². The van der Waals surface area contributed by atoms with Gasteiger partial charge >= 0.3 is 5.97 Å². The summed E-state index contributed by atoms with van der Waals surface area (Å²) in [6.07, 6.45) is 3.31. The number of para-hydroxylation sites is 1. The molecule has 2 heterocycles. The van der Waals surface area contributed by atoms with Gasteiger partial charge in [0, 0.05) is 29.6 Å². The molecule has 0 N–H and O–H groups in total. The second-order valence-corrected chi connectivity index (χ2v) is 10.1. The Morgan fingerprint density at radius 1 is 1.08 bits per heavy atom. The van der Waals surface area contributed by atoms with Gasteiger partial charge in [-0.25, -0.2) is 9.18 Å². The number of halogens is 2. The van der Waals surface area contributed by atoms with E-state index < -0.39 is 17.8 Å². The van der Waals surface area contributed by atoms with E-state index in [1.165, 1.54) is 20.1 Å². The van der Waals surface area contributed by atoms with Gasteiger partial charge in [0.25, 0.3) is 0 Å². The minimum absolute atomic E-state index is 0.00135. The summed E-state index contributed by atoms with van der Waals surface area (Å²) in [6.45, 7) is 1.30. The van der Waals surface area contributed by atoms with E-state index in [0.29, 0.717) is 28.5 Å². The van der Waals surface area contributed by atoms with Crippen LogP contribution in [0.5, 0.6) is 0 Å². The number of piperidine rings is 1. The van der Waals surface area contributed by atoms with E-state index in [4.69, 9.17) is 16.3 Å². The quantitative estimate of drug-likeness (QED) is 0.317. The number of fused-ring (bicyclic) bond motifs is 2. The minimum Gasteiger partial charge on any atom is -0.465 e. The first-order chi connectivity index (χ1) is 17.7. The Morgan fingerprint density at radius 3 is 2.57 bits per heavy atom. The molecule has 0 spiro atoms. The van der Waals surface area contributed by atoms with Crippen LogP contribution in [0.1, 0.15) is 52.5 Å². The highest BCUT2D eigenvalue weighted by Crippen LogP contribution is 2.48. The molecule has 2 aromatic carbocycles. The van der Waals surface area contributed by atoms with Crippen molar-refractivity contribution in [1.82, 2.24) is 9.47 Å². The molecule has 5 rings (SSSR count). The first-order valence-corrected chi connectivity index (χ1v) is 12.6. The molecule has 37 heavy (non-hydrogen) atoms. The highest BCUT2D eigenvalue weighted by molar-refractivity contribution is 6.30. The lowest BCUT2D eigenvalue weighted by Gasteiger charge is -2.27. The van der Waals surface area contributed by atoms with Crippen molar-refractivity contribution >= 4 is 45.9 Å². The summed E-state index contributed by atoms with van der Waals surface area (Å²) in [6, 6.07) is 9.12. The minimum atomic E-state index is -0.576. The summed E-state index contributed by atoms with van der Waals surface area (Å²) in [5.74, 6) is -1.39. The number of amides is 1. The highest BCUT2D eigenvalue weighted by Gasteiger charge is 2.55. The molecule has 3 aromatic rings. The molecular weight excluding hydrogens is 499 g/mol. The van der Waals surface area contributed by atoms with Gasteiger partial charge in [0.1, 0.15) is 12.4 Å². The summed E-state index contributed by atoms with van der Waals surface area (Å²) in [5.41, 5.74) is 1.46. The zero-order valence-corrected chi connectivity index (χ0v) is 21.3. The largest absolute Gasteiger partial charge is 0.465 e. The third-order valence-electron chi connectivity index (χ3n) is 7.42. The smallest absolute Gasteiger partial charge is 0.340 e. The number of methoxy groups -OCH3 is 1. The first kappa shape index (κ1) is 25.1. The number of Topliss-reactive ketones (excluding diaryl/α,β-unsaturated/α-hetero) is 2. The maximum atomic E-state index is 14.3. The molecule has 1 saturated heterocycles. The fraction of sp³-hybridized carbons (Fsp3) is 0.357. The van der Waals surface area contributed by atoms with Crippen molar-refractivity contribution in [2.45, 2.75) is 51.2 Å². The van der Waals surface area contributed by atoms with Gasteiger partial charge in [0.15, 0.2) is 11.6 Å². The predicted octanol–water partition coefficient (Wildman–Crippen LogP) is 4.61. The molecule has 2 fully saturated rings. The van der Waals surface area contributed by atoms with Gasteiger partial charge in [-0.15, -0.1) is 0 Å². The van der Waals surface area contributed by atoms with Crippen molar-refractivity contribution in [1.29, 1.82) is 0 Å². The lowest BCUT2D eigenvalue weighted by atomic mass is 10.00. The standard InChI is InChI=1S/C28H26ClFN2O5/c1-15(33)20-13-31(27-18(20)6-4-7-19(27)28(36)37-2)14-25(35)32-22-11-17(22)12-23(32)24(34)10-9-16-5-3-8-21(29)26(16)30/h3-8,13,17,22-23H,9-12,14H2,1-2H3/t17-,22-,23+/m1/s1. The molecule has 1 aliphatic heterocycles. The first-order valence-electron chi connectivity index (χ1n) is 12.2. The average molecular weight is 525 g/mol. The maximum absolute atomic E-state index is 14.3. The number of hydrogen-bond acceptors (Lipinski definition) is 5. The Bertz CT molecular complexity index is 1450. The molecule has 192 valence electrons. The van der Waals surface area contributed by atoms with Crippen LogP contribution in [0.4, 0.5) is 4.39 Å². The van der Waals surface area contributed by atoms with Crippen LogP contribution in [-0.2, 0) is 27.3 Å². The molecule has 0 unspecified atom stereocenters. The van der Waals surface area contributed by atoms with Crippen molar-refractivity contribution in [2.75, 3.05) is 7.11 Å². The van der Waals surface area contributed by atoms with E-state index in [1.807, 2.05) is 0 Å². The van der Waals surface area contributed by atoms with Crippen molar-refractivity contribution in [3.05, 3.63) is 70.1 Å². The van der Waals surface area contributed by atoms with E-state index in [0.717, 1.165) is 6.42 Å². The number of ether oxygens (including phenoxy) is 1. The molecule has 1 saturated carbocycles. The summed E-state index contributed by atoms with van der Waals surface area (Å²) < 4.78 is 20.8. The van der Waals surface area contributed by atoms with E-state index in [-0.39, 0.29) is 59.4 Å². The van der Waals surface area contributed by atoms with Gasteiger partial charge in [-0.1, -0.05) is 35.9 Å². The SMILES string of the molecule is COC(=O)c1cccc2c(C(C)=O)cn(CC(=O)N3[C@@H]4C[C@@H]4C[C@H]3C(=O)CCc3cccc(Cl)c3F)c12. The van der Waals surface area contributed by atoms with Crippen molar-refractivity contribution < 1.29 is 28.3 Å². The normalized spacial score (nSPS) is 20.1. The second-order valence-electron chi connectivity index (χ2n) is 9.72. The number of benzene rings is 2. The third-order valence-corrected chi connectivity index (χ3v) is 7.72. The molecule has 3 atom stereocenters. The summed E-state index contributed by atoms with van der Waals surface area (Å²) in [5, 5.41) is 0.573. The molecule has 7 nitrogen and oxygen atoms in total. The van der Waals surface area contributed by atoms with E-state index in [2.05, 4.69) is 0 Å². The summed E-state index contributed by atoms with van der Waals surface area (Å²) >= 11 is 5.86. The van der Waals surface area contributed by atoms with Gasteiger partial charge in [0.05, 0.1) is 29.3 Å². The Morgan fingerprint density at radius 2 is 1.84 bits per heavy atom. The Balaban J connectivity index is 1.39. The van der Waals surface area contributed by atoms with Gasteiger partial charge in [-0.05, 0) is 49.8 Å². The van der Waals surface area contributed by atoms with Gasteiger partial charge in [0.2, 0.25) is 5.91 Å². The Kier molecular flexibility index (Phi) is 6.62. The number of likely N-dealkylation sites (tertiary alicyclic amines) is 1. The van der Waals surface area contributed by atoms with Gasteiger partial charge < -0.3 is 14.2 Å². The molecular formula is C28H26ClFN2O5. The number of carbonyl (C=O) groups is 4. The van der Waals surface area contributed by atoms with Crippen LogP contribution in [-0.4, -0.2) is 52.1 Å². The topological polar surface area (TPSA) is 85.7 Å². The van der Waals surface area contributed by atoms with E-state index in [1.54, 1.807) is 46.0 Å². The van der Waals surface area contributed by atoms with Crippen LogP contribution >= 0.6 is 11.6 Å². The van der Waals surface area contributed by atoms with Crippen LogP contribution in [0.25, 0.3) is 10.9 Å². The van der Waals surface area contributed by atoms with Gasteiger partial charge in [-0.2, -0.15) is 0 Å². The number of ketones is 2. The zero-order valence-electron chi connectivity index (χ0n) is 20.5. The second kappa shape index (κ2) is 9.74. The van der Waals surface area contributed by atoms with Crippen LogP contribution < -0.4 is 0 Å². The van der Waals surface area contributed by atoms with Crippen molar-refractivity contribution in [3.8, 4) is 0 Å². The molecule has 2 aliphatic rings. The number of aryl methyl sites for hydroxylation is 1. The number of rotatable bonds is 8. The average Bonchev–Trinajstić information content (AvgIpc) is 3.38. The van der Waals surface area contributed by atoms with Crippen LogP contribution in [0.15, 0.2) is 42.6 Å². The molecule has 1 aromatic heterocycles. The lowest BCUT2D eigenvalue weighted by Crippen LogP contribution is -2.44. The Hall–Kier alpha value is -3.52. The van der Waals surface area contributed by atoms with E-state index >= 15 is 0 Å². The molecule has 1 aliphatic carbocycles. The van der Waals surface area contributed by atoms with Crippen molar-refractivity contribution in [2.24, 2.45) is 5.92 Å². The monoisotopic (exact) mass is 524 g/mol. The highest BCUT2D eigenvalue weighted by atomic mass is 35.5. The van der Waals surface area contributed by atoms with E-state index in [9.17, 15) is 23.6 Å². The summed E-state index contributed by atoms with van der Waals surface area (Å²) in [4.78, 5) is 53.2. The summed E-state index contributed by atoms with van der Waals surface area (Å²) in [7, 11) is 1.27. The van der Waals surface area contributed by atoms with Crippen LogP contribution in [0, 0.1) is 11.7 Å². The number of aromatic nitrogens is 1. The molecule has 0 radical (unpaired) electrons. The lowest BCUT2D eigenvalue weighted by molar-refractivity contribution is -0.139. The fourth-order valence-corrected chi connectivity index (χ4v) is 5.73. The predicted molar refractivity (Wildman–Crippen MR) is 135 cm³/mol. The molecule has 9 heteroatoms. The fourth-order valence-electron chi connectivity index (χ4n) is 5.54. The zero-order chi connectivity index (χ0) is 26.4.